The Morgan fingerprint density at radius 1 is 1.17 bits per heavy atom. The number of alkyl halides is 3. The lowest BCUT2D eigenvalue weighted by Gasteiger charge is -2.42. The summed E-state index contributed by atoms with van der Waals surface area (Å²) in [5.41, 5.74) is 1.76. The number of rotatable bonds is 6. The average molecular weight is 591 g/mol. The van der Waals surface area contributed by atoms with E-state index in [-0.39, 0.29) is 29.2 Å². The Balaban J connectivity index is 1.62. The fourth-order valence-corrected chi connectivity index (χ4v) is 7.01. The van der Waals surface area contributed by atoms with Crippen LogP contribution in [0.1, 0.15) is 47.1 Å². The molecule has 9 nitrogen and oxygen atoms in total. The van der Waals surface area contributed by atoms with Gasteiger partial charge in [-0.05, 0) is 60.4 Å². The topological polar surface area (TPSA) is 121 Å². The van der Waals surface area contributed by atoms with E-state index in [1.807, 2.05) is 0 Å². The Hall–Kier alpha value is -3.65. The first-order valence-corrected chi connectivity index (χ1v) is 14.3. The number of ether oxygens (including phenoxy) is 1. The van der Waals surface area contributed by atoms with Gasteiger partial charge in [0.1, 0.15) is 22.3 Å². The molecule has 3 N–H and O–H groups in total. The van der Waals surface area contributed by atoms with Crippen molar-refractivity contribution in [1.82, 2.24) is 19.3 Å². The van der Waals surface area contributed by atoms with Crippen LogP contribution in [0, 0.1) is 6.92 Å². The number of carbonyl (C=O) groups is 1. The predicted octanol–water partition coefficient (Wildman–Crippen LogP) is 6.21. The highest BCUT2D eigenvalue weighted by Gasteiger charge is 2.38. The van der Waals surface area contributed by atoms with E-state index in [1.54, 1.807) is 55.9 Å². The molecule has 41 heavy (non-hydrogen) atoms. The molecule has 1 aromatic heterocycles. The van der Waals surface area contributed by atoms with Gasteiger partial charge in [0.2, 0.25) is 0 Å². The normalized spacial score (nSPS) is 18.8. The summed E-state index contributed by atoms with van der Waals surface area (Å²) in [6.07, 6.45) is -5.67. The molecule has 0 radical (unpaired) electrons. The SMILES string of the molecule is Cc1c(C(CC(=O)O)c2ccc(C(F)(F)F)c(CN3CC(C)Oc4ccccc4S3(O)O)c2)ccc2c1nnn2C. The number of halogens is 3. The Kier molecular flexibility index (Phi) is 7.49. The summed E-state index contributed by atoms with van der Waals surface area (Å²) < 4.78 is 73.8. The van der Waals surface area contributed by atoms with E-state index in [0.717, 1.165) is 11.6 Å². The molecule has 218 valence electrons. The fourth-order valence-electron chi connectivity index (χ4n) is 5.35. The van der Waals surface area contributed by atoms with E-state index in [2.05, 4.69) is 10.3 Å². The van der Waals surface area contributed by atoms with Crippen LogP contribution in [0.4, 0.5) is 13.2 Å². The van der Waals surface area contributed by atoms with E-state index >= 15 is 0 Å². The summed E-state index contributed by atoms with van der Waals surface area (Å²) in [5, 5.41) is 17.9. The molecule has 0 saturated heterocycles. The third kappa shape index (κ3) is 5.49. The van der Waals surface area contributed by atoms with Crippen LogP contribution >= 0.6 is 10.8 Å². The molecule has 0 bridgehead atoms. The molecule has 2 atom stereocenters. The maximum Gasteiger partial charge on any atom is 0.416 e. The number of hydrogen-bond acceptors (Lipinski definition) is 7. The number of para-hydroxylation sites is 1. The van der Waals surface area contributed by atoms with Crippen LogP contribution in [0.2, 0.25) is 0 Å². The lowest BCUT2D eigenvalue weighted by molar-refractivity contribution is -0.139. The van der Waals surface area contributed by atoms with Crippen LogP contribution in [0.5, 0.6) is 5.75 Å². The monoisotopic (exact) mass is 590 g/mol. The predicted molar refractivity (Wildman–Crippen MR) is 147 cm³/mol. The molecule has 3 aromatic carbocycles. The van der Waals surface area contributed by atoms with Gasteiger partial charge in [0.25, 0.3) is 0 Å². The number of nitrogens with zero attached hydrogens (tertiary/aromatic N) is 4. The van der Waals surface area contributed by atoms with Gasteiger partial charge in [-0.15, -0.1) is 15.9 Å². The van der Waals surface area contributed by atoms with Crippen molar-refractivity contribution in [2.45, 2.75) is 49.9 Å². The summed E-state index contributed by atoms with van der Waals surface area (Å²) in [7, 11) is -1.99. The molecule has 0 fully saturated rings. The van der Waals surface area contributed by atoms with Crippen LogP contribution in [-0.2, 0) is 24.6 Å². The highest BCUT2D eigenvalue weighted by Crippen LogP contribution is 2.57. The minimum absolute atomic E-state index is 0.0560. The molecule has 4 aromatic rings. The third-order valence-electron chi connectivity index (χ3n) is 7.31. The van der Waals surface area contributed by atoms with Crippen molar-refractivity contribution >= 4 is 27.8 Å². The zero-order chi connectivity index (χ0) is 29.7. The highest BCUT2D eigenvalue weighted by molar-refractivity contribution is 8.22. The van der Waals surface area contributed by atoms with Crippen molar-refractivity contribution < 1.29 is 36.9 Å². The van der Waals surface area contributed by atoms with Gasteiger partial charge in [0.05, 0.1) is 24.0 Å². The number of aromatic nitrogens is 3. The van der Waals surface area contributed by atoms with E-state index in [1.165, 1.54) is 22.5 Å². The Morgan fingerprint density at radius 2 is 1.90 bits per heavy atom. The van der Waals surface area contributed by atoms with Gasteiger partial charge in [-0.25, -0.2) is 4.68 Å². The second-order valence-electron chi connectivity index (χ2n) is 10.1. The quantitative estimate of drug-likeness (QED) is 0.242. The minimum atomic E-state index is -4.74. The van der Waals surface area contributed by atoms with Crippen molar-refractivity contribution in [3.05, 3.63) is 82.4 Å². The molecule has 0 spiro atoms. The van der Waals surface area contributed by atoms with Crippen LogP contribution in [0.15, 0.2) is 59.5 Å². The van der Waals surface area contributed by atoms with Gasteiger partial charge in [0.15, 0.2) is 0 Å². The molecule has 1 aliphatic heterocycles. The molecular formula is C28H29F3N4O5S. The van der Waals surface area contributed by atoms with Crippen molar-refractivity contribution in [1.29, 1.82) is 0 Å². The number of aliphatic carboxylic acids is 1. The average Bonchev–Trinajstić information content (AvgIpc) is 3.24. The van der Waals surface area contributed by atoms with Gasteiger partial charge in [-0.3, -0.25) is 13.9 Å². The first kappa shape index (κ1) is 28.9. The molecule has 0 amide bonds. The molecule has 0 saturated carbocycles. The molecule has 2 heterocycles. The largest absolute Gasteiger partial charge is 0.487 e. The van der Waals surface area contributed by atoms with E-state index in [4.69, 9.17) is 4.74 Å². The van der Waals surface area contributed by atoms with Crippen LogP contribution in [-0.4, -0.2) is 52.1 Å². The van der Waals surface area contributed by atoms with Gasteiger partial charge < -0.3 is 9.84 Å². The van der Waals surface area contributed by atoms with E-state index in [9.17, 15) is 32.2 Å². The maximum atomic E-state index is 14.2. The first-order valence-electron chi connectivity index (χ1n) is 12.8. The van der Waals surface area contributed by atoms with Crippen LogP contribution in [0.3, 0.4) is 0 Å². The second kappa shape index (κ2) is 10.6. The highest BCUT2D eigenvalue weighted by atomic mass is 32.3. The standard InChI is InChI=1S/C28H29F3N4O5S/c1-16-14-35(41(38,39)25-7-5-4-6-24(25)40-16)15-19-12-18(8-10-22(19)28(29,30)31)21(13-26(36)37)20-9-11-23-27(17(20)2)32-33-34(23)3/h4-12,16,21,38-39H,13-15H2,1-3H3,(H,36,37). The Morgan fingerprint density at radius 3 is 2.61 bits per heavy atom. The molecule has 13 heteroatoms. The summed E-state index contributed by atoms with van der Waals surface area (Å²) in [6.45, 7) is 2.95. The van der Waals surface area contributed by atoms with Crippen molar-refractivity contribution in [3.8, 4) is 5.75 Å². The zero-order valence-electron chi connectivity index (χ0n) is 22.5. The molecule has 0 aliphatic carbocycles. The first-order chi connectivity index (χ1) is 19.3. The lowest BCUT2D eigenvalue weighted by atomic mass is 9.84. The van der Waals surface area contributed by atoms with Crippen molar-refractivity contribution in [3.63, 3.8) is 0 Å². The summed E-state index contributed by atoms with van der Waals surface area (Å²) in [5.74, 6) is -1.67. The van der Waals surface area contributed by atoms with E-state index in [0.29, 0.717) is 22.2 Å². The lowest BCUT2D eigenvalue weighted by Crippen LogP contribution is -2.34. The Labute approximate surface area is 235 Å². The maximum absolute atomic E-state index is 14.2. The van der Waals surface area contributed by atoms with Crippen molar-refractivity contribution in [2.75, 3.05) is 6.54 Å². The number of fused-ring (bicyclic) bond motifs is 2. The van der Waals surface area contributed by atoms with Gasteiger partial charge in [0, 0.05) is 19.5 Å². The summed E-state index contributed by atoms with van der Waals surface area (Å²) >= 11 is 0. The number of aryl methyl sites for hydroxylation is 2. The number of hydrogen-bond donors (Lipinski definition) is 3. The number of carboxylic acid groups (broad SMARTS) is 1. The van der Waals surface area contributed by atoms with Gasteiger partial charge in [-0.2, -0.15) is 17.5 Å². The number of carboxylic acids is 1. The minimum Gasteiger partial charge on any atom is -0.487 e. The molecule has 1 aliphatic rings. The van der Waals surface area contributed by atoms with Gasteiger partial charge >= 0.3 is 12.1 Å². The summed E-state index contributed by atoms with van der Waals surface area (Å²) in [4.78, 5) is 12.0. The second-order valence-corrected chi connectivity index (χ2v) is 12.1. The third-order valence-corrected chi connectivity index (χ3v) is 9.24. The summed E-state index contributed by atoms with van der Waals surface area (Å²) in [6, 6.07) is 13.3. The van der Waals surface area contributed by atoms with Gasteiger partial charge in [-0.1, -0.05) is 35.5 Å². The fraction of sp³-hybridized carbons (Fsp3) is 0.321. The van der Waals surface area contributed by atoms with E-state index < -0.39 is 47.1 Å². The van der Waals surface area contributed by atoms with Crippen molar-refractivity contribution in [2.24, 2.45) is 7.05 Å². The smallest absolute Gasteiger partial charge is 0.416 e. The molecule has 5 rings (SSSR count). The van der Waals surface area contributed by atoms with Crippen LogP contribution in [0.25, 0.3) is 11.0 Å². The van der Waals surface area contributed by atoms with Crippen LogP contribution < -0.4 is 4.74 Å². The molecule has 2 unspecified atom stereocenters. The Bertz CT molecular complexity index is 1620. The zero-order valence-corrected chi connectivity index (χ0v) is 23.3. The molecular weight excluding hydrogens is 561 g/mol. The number of benzene rings is 3.